The molecule has 2 aliphatic rings. The SMILES string of the molecule is FC(F)(F)c1ccc2c(c1)[C@H]1CNC[C@H]2C1. The highest BCUT2D eigenvalue weighted by molar-refractivity contribution is 5.43. The summed E-state index contributed by atoms with van der Waals surface area (Å²) >= 11 is 0. The highest BCUT2D eigenvalue weighted by atomic mass is 19.4. The van der Waals surface area contributed by atoms with Crippen molar-refractivity contribution >= 4 is 0 Å². The summed E-state index contributed by atoms with van der Waals surface area (Å²) in [7, 11) is 0. The largest absolute Gasteiger partial charge is 0.416 e. The minimum Gasteiger partial charge on any atom is -0.316 e. The van der Waals surface area contributed by atoms with E-state index in [2.05, 4.69) is 5.32 Å². The fraction of sp³-hybridized carbons (Fsp3) is 0.500. The Bertz CT molecular complexity index is 425. The molecule has 3 rings (SSSR count). The Morgan fingerprint density at radius 1 is 1.06 bits per heavy atom. The van der Waals surface area contributed by atoms with Gasteiger partial charge in [-0.2, -0.15) is 13.2 Å². The van der Waals surface area contributed by atoms with E-state index >= 15 is 0 Å². The summed E-state index contributed by atoms with van der Waals surface area (Å²) in [5, 5.41) is 3.27. The summed E-state index contributed by atoms with van der Waals surface area (Å²) in [6.07, 6.45) is -3.22. The zero-order valence-electron chi connectivity index (χ0n) is 8.64. The standard InChI is InChI=1S/C12H12F3N/c13-12(14,15)9-1-2-10-7-3-8(6-16-5-7)11(10)4-9/h1-2,4,7-8,16H,3,5-6H2/t7-,8-/m1/s1. The van der Waals surface area contributed by atoms with E-state index in [9.17, 15) is 13.2 Å². The molecule has 0 unspecified atom stereocenters. The van der Waals surface area contributed by atoms with Crippen molar-refractivity contribution in [3.05, 3.63) is 34.9 Å². The second-order valence-corrected chi connectivity index (χ2v) is 4.63. The Morgan fingerprint density at radius 2 is 1.75 bits per heavy atom. The van der Waals surface area contributed by atoms with Gasteiger partial charge in [0.25, 0.3) is 0 Å². The van der Waals surface area contributed by atoms with Crippen LogP contribution in [0.1, 0.15) is 34.9 Å². The first-order valence-electron chi connectivity index (χ1n) is 5.47. The van der Waals surface area contributed by atoms with Crippen molar-refractivity contribution in [3.8, 4) is 0 Å². The highest BCUT2D eigenvalue weighted by Crippen LogP contribution is 2.45. The van der Waals surface area contributed by atoms with Gasteiger partial charge in [0.2, 0.25) is 0 Å². The lowest BCUT2D eigenvalue weighted by atomic mass is 9.98. The van der Waals surface area contributed by atoms with Crippen molar-refractivity contribution in [1.82, 2.24) is 5.32 Å². The first kappa shape index (κ1) is 10.1. The normalized spacial score (nSPS) is 27.9. The summed E-state index contributed by atoms with van der Waals surface area (Å²) in [6, 6.07) is 4.21. The van der Waals surface area contributed by atoms with E-state index in [0.717, 1.165) is 30.6 Å². The van der Waals surface area contributed by atoms with Crippen molar-refractivity contribution in [1.29, 1.82) is 0 Å². The number of benzene rings is 1. The predicted molar refractivity (Wildman–Crippen MR) is 54.4 cm³/mol. The molecule has 0 saturated carbocycles. The molecule has 1 aliphatic carbocycles. The third-order valence-electron chi connectivity index (χ3n) is 3.64. The molecule has 86 valence electrons. The van der Waals surface area contributed by atoms with E-state index in [4.69, 9.17) is 0 Å². The number of rotatable bonds is 0. The van der Waals surface area contributed by atoms with Gasteiger partial charge >= 0.3 is 6.18 Å². The van der Waals surface area contributed by atoms with Gasteiger partial charge < -0.3 is 5.32 Å². The predicted octanol–water partition coefficient (Wildman–Crippen LogP) is 2.88. The number of alkyl halides is 3. The zero-order chi connectivity index (χ0) is 11.3. The van der Waals surface area contributed by atoms with Crippen molar-refractivity contribution in [2.24, 2.45) is 0 Å². The number of hydrogen-bond acceptors (Lipinski definition) is 1. The van der Waals surface area contributed by atoms with Gasteiger partial charge in [0, 0.05) is 13.1 Å². The molecule has 0 spiro atoms. The van der Waals surface area contributed by atoms with Crippen molar-refractivity contribution in [2.45, 2.75) is 24.4 Å². The second kappa shape index (κ2) is 3.23. The van der Waals surface area contributed by atoms with Gasteiger partial charge in [-0.25, -0.2) is 0 Å². The van der Waals surface area contributed by atoms with Crippen LogP contribution >= 0.6 is 0 Å². The summed E-state index contributed by atoms with van der Waals surface area (Å²) in [5.74, 6) is 0.687. The summed E-state index contributed by atoms with van der Waals surface area (Å²) in [5.41, 5.74) is 1.51. The van der Waals surface area contributed by atoms with Gasteiger partial charge in [-0.05, 0) is 41.5 Å². The lowest BCUT2D eigenvalue weighted by Gasteiger charge is -2.19. The minimum absolute atomic E-state index is 0.274. The molecule has 1 aliphatic heterocycles. The topological polar surface area (TPSA) is 12.0 Å². The third kappa shape index (κ3) is 1.44. The molecule has 1 nitrogen and oxygen atoms in total. The van der Waals surface area contributed by atoms with Crippen LogP contribution in [0.25, 0.3) is 0 Å². The number of nitrogens with one attached hydrogen (secondary N) is 1. The molecule has 0 radical (unpaired) electrons. The Kier molecular flexibility index (Phi) is 2.05. The van der Waals surface area contributed by atoms with Crippen LogP contribution < -0.4 is 5.32 Å². The van der Waals surface area contributed by atoms with Crippen molar-refractivity contribution < 1.29 is 13.2 Å². The van der Waals surface area contributed by atoms with Gasteiger partial charge in [0.15, 0.2) is 0 Å². The van der Waals surface area contributed by atoms with Crippen LogP contribution in [-0.4, -0.2) is 13.1 Å². The molecule has 1 aromatic carbocycles. The second-order valence-electron chi connectivity index (χ2n) is 4.63. The monoisotopic (exact) mass is 227 g/mol. The van der Waals surface area contributed by atoms with Crippen LogP contribution in [0.3, 0.4) is 0 Å². The van der Waals surface area contributed by atoms with Gasteiger partial charge in [-0.15, -0.1) is 0 Å². The van der Waals surface area contributed by atoms with Crippen LogP contribution in [0, 0.1) is 0 Å². The van der Waals surface area contributed by atoms with E-state index < -0.39 is 11.7 Å². The molecule has 2 atom stereocenters. The van der Waals surface area contributed by atoms with Crippen LogP contribution in [0.4, 0.5) is 13.2 Å². The summed E-state index contributed by atoms with van der Waals surface area (Å²) in [4.78, 5) is 0. The summed E-state index contributed by atoms with van der Waals surface area (Å²) in [6.45, 7) is 1.71. The molecule has 1 heterocycles. The van der Waals surface area contributed by atoms with E-state index in [0.29, 0.717) is 5.92 Å². The number of fused-ring (bicyclic) bond motifs is 5. The lowest BCUT2D eigenvalue weighted by Crippen LogP contribution is -2.28. The lowest BCUT2D eigenvalue weighted by molar-refractivity contribution is -0.137. The smallest absolute Gasteiger partial charge is 0.316 e. The summed E-state index contributed by atoms with van der Waals surface area (Å²) < 4.78 is 37.8. The Balaban J connectivity index is 2.07. The van der Waals surface area contributed by atoms with Gasteiger partial charge in [0.1, 0.15) is 0 Å². The molecule has 16 heavy (non-hydrogen) atoms. The first-order valence-corrected chi connectivity index (χ1v) is 5.47. The van der Waals surface area contributed by atoms with Crippen LogP contribution in [-0.2, 0) is 6.18 Å². The van der Waals surface area contributed by atoms with Crippen LogP contribution in [0.5, 0.6) is 0 Å². The molecule has 2 bridgehead atoms. The fourth-order valence-electron chi connectivity index (χ4n) is 2.89. The molecule has 4 heteroatoms. The maximum absolute atomic E-state index is 12.6. The average Bonchev–Trinajstić information content (AvgIpc) is 2.50. The van der Waals surface area contributed by atoms with E-state index in [1.807, 2.05) is 0 Å². The van der Waals surface area contributed by atoms with Gasteiger partial charge in [-0.1, -0.05) is 6.07 Å². The van der Waals surface area contributed by atoms with E-state index in [-0.39, 0.29) is 5.92 Å². The van der Waals surface area contributed by atoms with Crippen LogP contribution in [0.15, 0.2) is 18.2 Å². The average molecular weight is 227 g/mol. The van der Waals surface area contributed by atoms with Gasteiger partial charge in [-0.3, -0.25) is 0 Å². The maximum Gasteiger partial charge on any atom is 0.416 e. The minimum atomic E-state index is -4.22. The Hall–Kier alpha value is -1.03. The quantitative estimate of drug-likeness (QED) is 0.718. The highest BCUT2D eigenvalue weighted by Gasteiger charge is 2.37. The molecule has 1 aromatic rings. The molecule has 0 aromatic heterocycles. The molecular weight excluding hydrogens is 215 g/mol. The maximum atomic E-state index is 12.6. The molecule has 1 saturated heterocycles. The van der Waals surface area contributed by atoms with E-state index in [1.165, 1.54) is 12.1 Å². The van der Waals surface area contributed by atoms with Crippen molar-refractivity contribution in [2.75, 3.05) is 13.1 Å². The van der Waals surface area contributed by atoms with Gasteiger partial charge in [0.05, 0.1) is 5.56 Å². The fourth-order valence-corrected chi connectivity index (χ4v) is 2.89. The Morgan fingerprint density at radius 3 is 2.44 bits per heavy atom. The van der Waals surface area contributed by atoms with E-state index in [1.54, 1.807) is 6.07 Å². The number of halogens is 3. The third-order valence-corrected chi connectivity index (χ3v) is 3.64. The zero-order valence-corrected chi connectivity index (χ0v) is 8.64. The number of piperidine rings is 1. The molecule has 1 N–H and O–H groups in total. The molecule has 0 amide bonds. The van der Waals surface area contributed by atoms with Crippen molar-refractivity contribution in [3.63, 3.8) is 0 Å². The molecule has 1 fully saturated rings. The molecular formula is C12H12F3N. The first-order chi connectivity index (χ1) is 7.55. The Labute approximate surface area is 91.7 Å². The number of hydrogen-bond donors (Lipinski definition) is 1. The van der Waals surface area contributed by atoms with Crippen LogP contribution in [0.2, 0.25) is 0 Å².